The van der Waals surface area contributed by atoms with Crippen molar-refractivity contribution in [3.8, 4) is 0 Å². The predicted octanol–water partition coefficient (Wildman–Crippen LogP) is 2.75. The lowest BCUT2D eigenvalue weighted by atomic mass is 10.1. The Hall–Kier alpha value is -1.72. The van der Waals surface area contributed by atoms with Gasteiger partial charge in [-0.15, -0.1) is 0 Å². The normalized spacial score (nSPS) is 11.5. The zero-order chi connectivity index (χ0) is 14.6. The third-order valence-electron chi connectivity index (χ3n) is 2.92. The number of sulfonamides is 1. The maximum absolute atomic E-state index is 13.1. The number of nitrogens with one attached hydrogen (secondary N) is 1. The average Bonchev–Trinajstić information content (AvgIpc) is 2.41. The smallest absolute Gasteiger partial charge is 0.212 e. The first-order valence-electron chi connectivity index (χ1n) is 6.22. The van der Waals surface area contributed by atoms with E-state index in [0.717, 1.165) is 11.1 Å². The van der Waals surface area contributed by atoms with Crippen LogP contribution in [0.15, 0.2) is 48.5 Å². The van der Waals surface area contributed by atoms with E-state index < -0.39 is 10.0 Å². The molecule has 0 amide bonds. The van der Waals surface area contributed by atoms with Crippen LogP contribution in [0.25, 0.3) is 0 Å². The van der Waals surface area contributed by atoms with Gasteiger partial charge in [0.1, 0.15) is 5.82 Å². The standard InChI is InChI=1S/C15H16FNO2S/c1-12-9-14(7-8-15(12)16)10-17-20(18,19)11-13-5-3-2-4-6-13/h2-9,17H,10-11H2,1H3. The fourth-order valence-corrected chi connectivity index (χ4v) is 2.97. The highest BCUT2D eigenvalue weighted by Gasteiger charge is 2.11. The van der Waals surface area contributed by atoms with Crippen LogP contribution in [0.2, 0.25) is 0 Å². The second-order valence-corrected chi connectivity index (χ2v) is 6.46. The van der Waals surface area contributed by atoms with Crippen molar-refractivity contribution in [1.29, 1.82) is 0 Å². The Labute approximate surface area is 118 Å². The van der Waals surface area contributed by atoms with Crippen LogP contribution in [0.5, 0.6) is 0 Å². The molecule has 0 aliphatic carbocycles. The van der Waals surface area contributed by atoms with Gasteiger partial charge in [-0.05, 0) is 29.7 Å². The SMILES string of the molecule is Cc1cc(CNS(=O)(=O)Cc2ccccc2)ccc1F. The minimum atomic E-state index is -3.40. The molecular formula is C15H16FNO2S. The van der Waals surface area contributed by atoms with Gasteiger partial charge in [-0.3, -0.25) is 0 Å². The van der Waals surface area contributed by atoms with E-state index in [9.17, 15) is 12.8 Å². The molecule has 0 saturated heterocycles. The van der Waals surface area contributed by atoms with Gasteiger partial charge in [0.05, 0.1) is 5.75 Å². The van der Waals surface area contributed by atoms with Crippen molar-refractivity contribution in [3.63, 3.8) is 0 Å². The van der Waals surface area contributed by atoms with Gasteiger partial charge < -0.3 is 0 Å². The Morgan fingerprint density at radius 1 is 1.05 bits per heavy atom. The van der Waals surface area contributed by atoms with E-state index in [1.807, 2.05) is 6.07 Å². The molecule has 0 aliphatic rings. The number of rotatable bonds is 5. The van der Waals surface area contributed by atoms with Crippen molar-refractivity contribution in [2.24, 2.45) is 0 Å². The molecule has 3 nitrogen and oxygen atoms in total. The van der Waals surface area contributed by atoms with Crippen LogP contribution in [-0.2, 0) is 22.3 Å². The van der Waals surface area contributed by atoms with E-state index >= 15 is 0 Å². The molecule has 0 heterocycles. The van der Waals surface area contributed by atoms with E-state index in [0.29, 0.717) is 5.56 Å². The van der Waals surface area contributed by atoms with Gasteiger partial charge >= 0.3 is 0 Å². The molecule has 2 aromatic rings. The van der Waals surface area contributed by atoms with E-state index in [1.165, 1.54) is 6.07 Å². The molecule has 0 saturated carbocycles. The first-order chi connectivity index (χ1) is 9.46. The number of hydrogen-bond acceptors (Lipinski definition) is 2. The molecule has 0 bridgehead atoms. The van der Waals surface area contributed by atoms with Crippen molar-refractivity contribution >= 4 is 10.0 Å². The predicted molar refractivity (Wildman–Crippen MR) is 77.0 cm³/mol. The lowest BCUT2D eigenvalue weighted by molar-refractivity contribution is 0.580. The third-order valence-corrected chi connectivity index (χ3v) is 4.22. The van der Waals surface area contributed by atoms with Crippen molar-refractivity contribution in [2.75, 3.05) is 0 Å². The molecule has 20 heavy (non-hydrogen) atoms. The molecule has 0 radical (unpaired) electrons. The second-order valence-electron chi connectivity index (χ2n) is 4.65. The number of halogens is 1. The average molecular weight is 293 g/mol. The second kappa shape index (κ2) is 6.15. The molecule has 0 aromatic heterocycles. The molecule has 0 atom stereocenters. The highest BCUT2D eigenvalue weighted by molar-refractivity contribution is 7.88. The summed E-state index contributed by atoms with van der Waals surface area (Å²) in [6.45, 7) is 1.81. The molecular weight excluding hydrogens is 277 g/mol. The van der Waals surface area contributed by atoms with Gasteiger partial charge in [-0.25, -0.2) is 17.5 Å². The summed E-state index contributed by atoms with van der Waals surface area (Å²) in [5.74, 6) is -0.352. The minimum Gasteiger partial charge on any atom is -0.212 e. The summed E-state index contributed by atoms with van der Waals surface area (Å²) >= 11 is 0. The van der Waals surface area contributed by atoms with E-state index in [2.05, 4.69) is 4.72 Å². The largest absolute Gasteiger partial charge is 0.216 e. The van der Waals surface area contributed by atoms with Gasteiger partial charge in [0.15, 0.2) is 0 Å². The van der Waals surface area contributed by atoms with Crippen LogP contribution in [0, 0.1) is 12.7 Å². The number of aryl methyl sites for hydroxylation is 1. The van der Waals surface area contributed by atoms with Crippen molar-refractivity contribution < 1.29 is 12.8 Å². The molecule has 106 valence electrons. The Balaban J connectivity index is 2.00. The van der Waals surface area contributed by atoms with Gasteiger partial charge in [0, 0.05) is 6.54 Å². The van der Waals surface area contributed by atoms with Crippen LogP contribution in [0.3, 0.4) is 0 Å². The lowest BCUT2D eigenvalue weighted by Crippen LogP contribution is -2.24. The summed E-state index contributed by atoms with van der Waals surface area (Å²) in [6.07, 6.45) is 0. The first-order valence-corrected chi connectivity index (χ1v) is 7.88. The summed E-state index contributed by atoms with van der Waals surface area (Å²) < 4.78 is 39.5. The van der Waals surface area contributed by atoms with Crippen molar-refractivity contribution in [1.82, 2.24) is 4.72 Å². The molecule has 5 heteroatoms. The minimum absolute atomic E-state index is 0.0615. The molecule has 0 fully saturated rings. The zero-order valence-electron chi connectivity index (χ0n) is 11.1. The molecule has 2 aromatic carbocycles. The third kappa shape index (κ3) is 4.15. The first kappa shape index (κ1) is 14.7. The van der Waals surface area contributed by atoms with Crippen molar-refractivity contribution in [2.45, 2.75) is 19.2 Å². The zero-order valence-corrected chi connectivity index (χ0v) is 12.0. The van der Waals surface area contributed by atoms with Crippen LogP contribution < -0.4 is 4.72 Å². The lowest BCUT2D eigenvalue weighted by Gasteiger charge is -2.08. The topological polar surface area (TPSA) is 46.2 Å². The van der Waals surface area contributed by atoms with Crippen LogP contribution in [0.4, 0.5) is 4.39 Å². The Morgan fingerprint density at radius 2 is 1.75 bits per heavy atom. The number of hydrogen-bond donors (Lipinski definition) is 1. The summed E-state index contributed by atoms with van der Waals surface area (Å²) in [5, 5.41) is 0. The van der Waals surface area contributed by atoms with Gasteiger partial charge in [0.2, 0.25) is 10.0 Å². The molecule has 1 N–H and O–H groups in total. The fourth-order valence-electron chi connectivity index (χ4n) is 1.85. The monoisotopic (exact) mass is 293 g/mol. The van der Waals surface area contributed by atoms with E-state index in [4.69, 9.17) is 0 Å². The van der Waals surface area contributed by atoms with E-state index in [1.54, 1.807) is 43.3 Å². The molecule has 0 aliphatic heterocycles. The molecule has 0 unspecified atom stereocenters. The Kier molecular flexibility index (Phi) is 4.52. The summed E-state index contributed by atoms with van der Waals surface area (Å²) in [5.41, 5.74) is 1.97. The maximum Gasteiger partial charge on any atom is 0.216 e. The quantitative estimate of drug-likeness (QED) is 0.921. The van der Waals surface area contributed by atoms with Crippen LogP contribution in [0.1, 0.15) is 16.7 Å². The summed E-state index contributed by atoms with van der Waals surface area (Å²) in [4.78, 5) is 0. The molecule has 0 spiro atoms. The molecule has 2 rings (SSSR count). The van der Waals surface area contributed by atoms with Gasteiger partial charge in [-0.1, -0.05) is 42.5 Å². The Bertz CT molecular complexity index is 684. The summed E-state index contributed by atoms with van der Waals surface area (Å²) in [7, 11) is -3.40. The van der Waals surface area contributed by atoms with Crippen molar-refractivity contribution in [3.05, 3.63) is 71.0 Å². The highest BCUT2D eigenvalue weighted by Crippen LogP contribution is 2.10. The Morgan fingerprint density at radius 3 is 2.40 bits per heavy atom. The summed E-state index contributed by atoms with van der Waals surface area (Å²) in [6, 6.07) is 13.5. The van der Waals surface area contributed by atoms with Crippen LogP contribution >= 0.6 is 0 Å². The fraction of sp³-hybridized carbons (Fsp3) is 0.200. The number of benzene rings is 2. The van der Waals surface area contributed by atoms with E-state index in [-0.39, 0.29) is 18.1 Å². The maximum atomic E-state index is 13.1. The van der Waals surface area contributed by atoms with Gasteiger partial charge in [0.25, 0.3) is 0 Å². The van der Waals surface area contributed by atoms with Gasteiger partial charge in [-0.2, -0.15) is 0 Å². The van der Waals surface area contributed by atoms with Crippen LogP contribution in [-0.4, -0.2) is 8.42 Å². The highest BCUT2D eigenvalue weighted by atomic mass is 32.2.